The van der Waals surface area contributed by atoms with Crippen LogP contribution >= 0.6 is 0 Å². The van der Waals surface area contributed by atoms with E-state index in [1.54, 1.807) is 0 Å². The Bertz CT molecular complexity index is 2900. The molecule has 0 aliphatic carbocycles. The van der Waals surface area contributed by atoms with Crippen molar-refractivity contribution in [3.8, 4) is 78.7 Å². The van der Waals surface area contributed by atoms with Gasteiger partial charge in [0.05, 0.1) is 0 Å². The fraction of sp³-hybridized carbons (Fsp3) is 0. The Hall–Kier alpha value is -7.43. The van der Waals surface area contributed by atoms with E-state index in [-0.39, 0.29) is 0 Å². The van der Waals surface area contributed by atoms with Gasteiger partial charge >= 0.3 is 0 Å². The molecule has 0 radical (unpaired) electrons. The van der Waals surface area contributed by atoms with Gasteiger partial charge in [0.1, 0.15) is 11.2 Å². The van der Waals surface area contributed by atoms with Crippen LogP contribution in [-0.2, 0) is 0 Å². The topological polar surface area (TPSA) is 51.8 Å². The normalized spacial score (nSPS) is 11.3. The average Bonchev–Trinajstić information content (AvgIpc) is 3.66. The van der Waals surface area contributed by atoms with Gasteiger partial charge in [-0.15, -0.1) is 0 Å². The molecular formula is C51H33N3O. The van der Waals surface area contributed by atoms with Crippen LogP contribution in [-0.4, -0.2) is 15.0 Å². The molecule has 0 unspecified atom stereocenters. The van der Waals surface area contributed by atoms with Crippen LogP contribution in [0.3, 0.4) is 0 Å². The lowest BCUT2D eigenvalue weighted by Crippen LogP contribution is -2.01. The van der Waals surface area contributed by atoms with Crippen LogP contribution in [0, 0.1) is 0 Å². The first-order chi connectivity index (χ1) is 27.2. The Morgan fingerprint density at radius 1 is 0.273 bits per heavy atom. The molecule has 4 heteroatoms. The maximum atomic E-state index is 6.50. The van der Waals surface area contributed by atoms with Gasteiger partial charge in [-0.1, -0.05) is 176 Å². The third-order valence-corrected chi connectivity index (χ3v) is 10.2. The molecule has 0 bridgehead atoms. The van der Waals surface area contributed by atoms with Crippen LogP contribution in [0.5, 0.6) is 0 Å². The van der Waals surface area contributed by atoms with Gasteiger partial charge in [-0.2, -0.15) is 0 Å². The van der Waals surface area contributed by atoms with Crippen molar-refractivity contribution in [3.63, 3.8) is 0 Å². The number of nitrogens with zero attached hydrogens (tertiary/aromatic N) is 3. The van der Waals surface area contributed by atoms with Gasteiger partial charge in [-0.3, -0.25) is 0 Å². The van der Waals surface area contributed by atoms with Gasteiger partial charge < -0.3 is 4.42 Å². The van der Waals surface area contributed by atoms with Crippen molar-refractivity contribution in [2.24, 2.45) is 0 Å². The fourth-order valence-corrected chi connectivity index (χ4v) is 7.44. The predicted molar refractivity (Wildman–Crippen MR) is 225 cm³/mol. The van der Waals surface area contributed by atoms with Crippen molar-refractivity contribution in [2.45, 2.75) is 0 Å². The lowest BCUT2D eigenvalue weighted by Gasteiger charge is -2.13. The Balaban J connectivity index is 1.08. The molecule has 2 aromatic heterocycles. The summed E-state index contributed by atoms with van der Waals surface area (Å²) in [5.41, 5.74) is 13.6. The number of aromatic nitrogens is 3. The van der Waals surface area contributed by atoms with Gasteiger partial charge in [0.25, 0.3) is 0 Å². The minimum absolute atomic E-state index is 0.613. The van der Waals surface area contributed by atoms with Crippen molar-refractivity contribution < 1.29 is 4.42 Å². The molecule has 0 aliphatic rings. The molecule has 55 heavy (non-hydrogen) atoms. The molecule has 0 aliphatic heterocycles. The largest absolute Gasteiger partial charge is 0.456 e. The van der Waals surface area contributed by atoms with E-state index >= 15 is 0 Å². The molecule has 10 aromatic rings. The molecule has 0 saturated heterocycles. The quantitative estimate of drug-likeness (QED) is 0.166. The van der Waals surface area contributed by atoms with Crippen molar-refractivity contribution >= 4 is 21.9 Å². The summed E-state index contributed by atoms with van der Waals surface area (Å²) in [5.74, 6) is 1.87. The van der Waals surface area contributed by atoms with Crippen LogP contribution in [0.25, 0.3) is 101 Å². The first-order valence-electron chi connectivity index (χ1n) is 18.4. The summed E-state index contributed by atoms with van der Waals surface area (Å²) >= 11 is 0. The first-order valence-corrected chi connectivity index (χ1v) is 18.4. The molecule has 0 amide bonds. The molecule has 2 heterocycles. The van der Waals surface area contributed by atoms with E-state index in [1.165, 1.54) is 22.3 Å². The second kappa shape index (κ2) is 13.8. The average molecular weight is 704 g/mol. The standard InChI is InChI=1S/C51H33N3O/c1-4-14-34(15-5-1)35-26-28-36(29-27-35)39-20-12-21-40(32-39)41-30-31-46-45(33-41)48-43(24-13-25-47(48)55-46)42-22-10-11-23-44(42)51-53-49(37-16-6-2-7-17-37)52-50(54-51)38-18-8-3-9-19-38/h1-33H. The molecule has 0 fully saturated rings. The van der Waals surface area contributed by atoms with Crippen LogP contribution in [0.15, 0.2) is 205 Å². The Kier molecular flexibility index (Phi) is 8.12. The minimum Gasteiger partial charge on any atom is -0.456 e. The number of rotatable bonds is 7. The van der Waals surface area contributed by atoms with E-state index in [1.807, 2.05) is 78.9 Å². The highest BCUT2D eigenvalue weighted by Gasteiger charge is 2.19. The lowest BCUT2D eigenvalue weighted by molar-refractivity contribution is 0.669. The number of benzene rings is 8. The summed E-state index contributed by atoms with van der Waals surface area (Å²) in [4.78, 5) is 15.1. The predicted octanol–water partition coefficient (Wildman–Crippen LogP) is 13.4. The van der Waals surface area contributed by atoms with Crippen molar-refractivity contribution in [1.29, 1.82) is 0 Å². The van der Waals surface area contributed by atoms with E-state index in [0.717, 1.165) is 60.9 Å². The zero-order valence-electron chi connectivity index (χ0n) is 29.8. The molecule has 0 spiro atoms. The van der Waals surface area contributed by atoms with E-state index in [9.17, 15) is 0 Å². The van der Waals surface area contributed by atoms with E-state index in [4.69, 9.17) is 19.4 Å². The Labute approximate surface area is 319 Å². The summed E-state index contributed by atoms with van der Waals surface area (Å²) < 4.78 is 6.50. The zero-order valence-corrected chi connectivity index (χ0v) is 29.8. The molecule has 258 valence electrons. The highest BCUT2D eigenvalue weighted by atomic mass is 16.3. The van der Waals surface area contributed by atoms with Crippen molar-refractivity contribution in [3.05, 3.63) is 200 Å². The molecule has 0 atom stereocenters. The van der Waals surface area contributed by atoms with Crippen molar-refractivity contribution in [1.82, 2.24) is 15.0 Å². The van der Waals surface area contributed by atoms with E-state index in [2.05, 4.69) is 121 Å². The third kappa shape index (κ3) is 6.16. The minimum atomic E-state index is 0.613. The molecule has 4 nitrogen and oxygen atoms in total. The maximum Gasteiger partial charge on any atom is 0.164 e. The highest BCUT2D eigenvalue weighted by molar-refractivity contribution is 6.14. The molecule has 0 saturated carbocycles. The molecule has 0 N–H and O–H groups in total. The summed E-state index contributed by atoms with van der Waals surface area (Å²) in [5, 5.41) is 2.11. The summed E-state index contributed by atoms with van der Waals surface area (Å²) in [6.07, 6.45) is 0. The SMILES string of the molecule is c1ccc(-c2ccc(-c3cccc(-c4ccc5oc6cccc(-c7ccccc7-c7nc(-c8ccccc8)nc(-c8ccccc8)n7)c6c5c4)c3)cc2)cc1. The van der Waals surface area contributed by atoms with E-state index < -0.39 is 0 Å². The van der Waals surface area contributed by atoms with Gasteiger partial charge in [0, 0.05) is 27.5 Å². The van der Waals surface area contributed by atoms with Gasteiger partial charge in [0.15, 0.2) is 17.5 Å². The molecule has 8 aromatic carbocycles. The maximum absolute atomic E-state index is 6.50. The number of furan rings is 1. The van der Waals surface area contributed by atoms with Crippen LogP contribution in [0.2, 0.25) is 0 Å². The Morgan fingerprint density at radius 3 is 1.36 bits per heavy atom. The molecular weight excluding hydrogens is 671 g/mol. The molecule has 10 rings (SSSR count). The zero-order chi connectivity index (χ0) is 36.6. The monoisotopic (exact) mass is 703 g/mol. The smallest absolute Gasteiger partial charge is 0.164 e. The van der Waals surface area contributed by atoms with E-state index in [0.29, 0.717) is 17.5 Å². The van der Waals surface area contributed by atoms with Crippen molar-refractivity contribution in [2.75, 3.05) is 0 Å². The summed E-state index contributed by atoms with van der Waals surface area (Å²) in [7, 11) is 0. The summed E-state index contributed by atoms with van der Waals surface area (Å²) in [6, 6.07) is 69.3. The number of hydrogen-bond donors (Lipinski definition) is 0. The first kappa shape index (κ1) is 32.2. The Morgan fingerprint density at radius 2 is 0.709 bits per heavy atom. The number of hydrogen-bond acceptors (Lipinski definition) is 4. The third-order valence-electron chi connectivity index (χ3n) is 10.2. The second-order valence-corrected chi connectivity index (χ2v) is 13.6. The lowest BCUT2D eigenvalue weighted by atomic mass is 9.93. The van der Waals surface area contributed by atoms with Crippen LogP contribution in [0.4, 0.5) is 0 Å². The second-order valence-electron chi connectivity index (χ2n) is 13.6. The van der Waals surface area contributed by atoms with Gasteiger partial charge in [0.2, 0.25) is 0 Å². The van der Waals surface area contributed by atoms with Crippen LogP contribution in [0.1, 0.15) is 0 Å². The van der Waals surface area contributed by atoms with Gasteiger partial charge in [-0.05, 0) is 68.8 Å². The number of fused-ring (bicyclic) bond motifs is 3. The highest BCUT2D eigenvalue weighted by Crippen LogP contribution is 2.42. The summed E-state index contributed by atoms with van der Waals surface area (Å²) in [6.45, 7) is 0. The van der Waals surface area contributed by atoms with Gasteiger partial charge in [-0.25, -0.2) is 15.0 Å². The van der Waals surface area contributed by atoms with Crippen LogP contribution < -0.4 is 0 Å². The fourth-order valence-electron chi connectivity index (χ4n) is 7.44.